The van der Waals surface area contributed by atoms with E-state index >= 15 is 0 Å². The van der Waals surface area contributed by atoms with Gasteiger partial charge in [-0.1, -0.05) is 6.92 Å². The van der Waals surface area contributed by atoms with E-state index in [0.29, 0.717) is 0 Å². The molecule has 0 saturated carbocycles. The van der Waals surface area contributed by atoms with Crippen molar-refractivity contribution >= 4 is 6.72 Å². The van der Waals surface area contributed by atoms with Crippen LogP contribution < -0.4 is 5.32 Å². The molecule has 1 N–H and O–H groups in total. The summed E-state index contributed by atoms with van der Waals surface area (Å²) in [5.74, 6) is 0. The van der Waals surface area contributed by atoms with E-state index in [1.807, 2.05) is 0 Å². The minimum absolute atomic E-state index is 0.785. The molecule has 11 heavy (non-hydrogen) atoms. The molecule has 0 aromatic rings. The maximum atomic E-state index is 5.25. The molecule has 0 fully saturated rings. The maximum Gasteiger partial charge on any atom is 0.0590 e. The van der Waals surface area contributed by atoms with Crippen LogP contribution in [0, 0.1) is 0 Å². The first-order chi connectivity index (χ1) is 5.41. The normalized spacial score (nSPS) is 9.91. The Kier molecular flexibility index (Phi) is 9.23. The van der Waals surface area contributed by atoms with E-state index in [0.717, 1.165) is 39.3 Å². The molecule has 0 atom stereocenters. The molecule has 0 rings (SSSR count). The van der Waals surface area contributed by atoms with Crippen LogP contribution in [0.15, 0.2) is 4.99 Å². The highest BCUT2D eigenvalue weighted by atomic mass is 16.5. The predicted octanol–water partition coefficient (Wildman–Crippen LogP) is 0.703. The van der Waals surface area contributed by atoms with E-state index in [1.165, 1.54) is 0 Å². The van der Waals surface area contributed by atoms with Crippen LogP contribution in [0.2, 0.25) is 0 Å². The van der Waals surface area contributed by atoms with E-state index in [1.54, 1.807) is 0 Å². The maximum absolute atomic E-state index is 5.25. The second kappa shape index (κ2) is 9.59. The van der Waals surface area contributed by atoms with Gasteiger partial charge in [0.25, 0.3) is 0 Å². The highest BCUT2D eigenvalue weighted by molar-refractivity contribution is 5.23. The molecule has 0 spiro atoms. The van der Waals surface area contributed by atoms with E-state index in [9.17, 15) is 0 Å². The van der Waals surface area contributed by atoms with Crippen LogP contribution in [0.4, 0.5) is 0 Å². The molecule has 0 heterocycles. The summed E-state index contributed by atoms with van der Waals surface area (Å²) in [6.45, 7) is 9.75. The fraction of sp³-hybridized carbons (Fsp3) is 0.875. The van der Waals surface area contributed by atoms with E-state index in [-0.39, 0.29) is 0 Å². The van der Waals surface area contributed by atoms with Gasteiger partial charge in [0.05, 0.1) is 13.2 Å². The molecule has 0 aromatic heterocycles. The Morgan fingerprint density at radius 1 is 1.36 bits per heavy atom. The molecule has 0 radical (unpaired) electrons. The van der Waals surface area contributed by atoms with Crippen molar-refractivity contribution in [3.63, 3.8) is 0 Å². The summed E-state index contributed by atoms with van der Waals surface area (Å²) in [7, 11) is 0. The van der Waals surface area contributed by atoms with Crippen molar-refractivity contribution in [2.75, 3.05) is 32.8 Å². The molecule has 0 saturated heterocycles. The zero-order valence-corrected chi connectivity index (χ0v) is 7.31. The number of ether oxygens (including phenoxy) is 1. The van der Waals surface area contributed by atoms with E-state index in [4.69, 9.17) is 4.74 Å². The lowest BCUT2D eigenvalue weighted by molar-refractivity contribution is 0.137. The topological polar surface area (TPSA) is 33.6 Å². The quantitative estimate of drug-likeness (QED) is 0.417. The minimum Gasteiger partial charge on any atom is -0.380 e. The molecule has 3 nitrogen and oxygen atoms in total. The summed E-state index contributed by atoms with van der Waals surface area (Å²) >= 11 is 0. The number of rotatable bonds is 8. The Morgan fingerprint density at radius 2 is 2.18 bits per heavy atom. The van der Waals surface area contributed by atoms with Gasteiger partial charge in [-0.2, -0.15) is 0 Å². The highest BCUT2D eigenvalue weighted by Crippen LogP contribution is 1.77. The molecule has 0 aliphatic carbocycles. The van der Waals surface area contributed by atoms with Crippen molar-refractivity contribution in [3.8, 4) is 0 Å². The average Bonchev–Trinajstić information content (AvgIpc) is 2.03. The molecule has 0 bridgehead atoms. The van der Waals surface area contributed by atoms with Gasteiger partial charge in [-0.25, -0.2) is 0 Å². The van der Waals surface area contributed by atoms with Gasteiger partial charge in [0, 0.05) is 19.7 Å². The molecule has 3 heteroatoms. The zero-order chi connectivity index (χ0) is 8.36. The number of hydrogen-bond acceptors (Lipinski definition) is 3. The molecule has 0 amide bonds. The van der Waals surface area contributed by atoms with Crippen molar-refractivity contribution in [1.29, 1.82) is 0 Å². The van der Waals surface area contributed by atoms with Crippen LogP contribution in [0.1, 0.15) is 13.3 Å². The summed E-state index contributed by atoms with van der Waals surface area (Å²) in [5.41, 5.74) is 0. The number of hydrogen-bond donors (Lipinski definition) is 1. The first kappa shape index (κ1) is 10.6. The smallest absolute Gasteiger partial charge is 0.0590 e. The van der Waals surface area contributed by atoms with Gasteiger partial charge in [-0.15, -0.1) is 0 Å². The summed E-state index contributed by atoms with van der Waals surface area (Å²) in [5, 5.41) is 3.19. The molecule has 66 valence electrons. The van der Waals surface area contributed by atoms with Crippen LogP contribution in [0.25, 0.3) is 0 Å². The summed E-state index contributed by atoms with van der Waals surface area (Å²) < 4.78 is 5.25. The van der Waals surface area contributed by atoms with Crippen LogP contribution >= 0.6 is 0 Å². The van der Waals surface area contributed by atoms with Crippen molar-refractivity contribution in [3.05, 3.63) is 0 Å². The lowest BCUT2D eigenvalue weighted by Crippen LogP contribution is -2.22. The summed E-state index contributed by atoms with van der Waals surface area (Å²) in [6, 6.07) is 0. The van der Waals surface area contributed by atoms with E-state index < -0.39 is 0 Å². The molecular weight excluding hydrogens is 140 g/mol. The van der Waals surface area contributed by atoms with Gasteiger partial charge < -0.3 is 10.1 Å². The van der Waals surface area contributed by atoms with Gasteiger partial charge in [0.15, 0.2) is 0 Å². The summed E-state index contributed by atoms with van der Waals surface area (Å²) in [4.78, 5) is 3.72. The van der Waals surface area contributed by atoms with Gasteiger partial charge >= 0.3 is 0 Å². The first-order valence-corrected chi connectivity index (χ1v) is 4.12. The molecule has 0 aromatic carbocycles. The zero-order valence-electron chi connectivity index (χ0n) is 7.31. The fourth-order valence-corrected chi connectivity index (χ4v) is 0.674. The first-order valence-electron chi connectivity index (χ1n) is 4.12. The third kappa shape index (κ3) is 9.59. The second-order valence-corrected chi connectivity index (χ2v) is 2.31. The predicted molar refractivity (Wildman–Crippen MR) is 48.4 cm³/mol. The lowest BCUT2D eigenvalue weighted by Gasteiger charge is -2.02. The van der Waals surface area contributed by atoms with E-state index in [2.05, 4.69) is 24.0 Å². The lowest BCUT2D eigenvalue weighted by atomic mass is 10.5. The molecular formula is C8H18N2O. The Labute approximate surface area is 68.9 Å². The van der Waals surface area contributed by atoms with Gasteiger partial charge in [-0.05, 0) is 13.1 Å². The van der Waals surface area contributed by atoms with Crippen molar-refractivity contribution in [2.24, 2.45) is 4.99 Å². The highest BCUT2D eigenvalue weighted by Gasteiger charge is 1.85. The van der Waals surface area contributed by atoms with Crippen molar-refractivity contribution in [1.82, 2.24) is 5.32 Å². The Bertz CT molecular complexity index is 86.2. The standard InChI is InChI=1S/C8H18N2O/c1-3-7-11-8-6-10-5-4-9-2/h10H,2-8H2,1H3. The Hall–Kier alpha value is -0.410. The van der Waals surface area contributed by atoms with Crippen molar-refractivity contribution in [2.45, 2.75) is 13.3 Å². The number of nitrogens with zero attached hydrogens (tertiary/aromatic N) is 1. The van der Waals surface area contributed by atoms with Gasteiger partial charge in [0.2, 0.25) is 0 Å². The average molecular weight is 158 g/mol. The van der Waals surface area contributed by atoms with Crippen molar-refractivity contribution < 1.29 is 4.74 Å². The third-order valence-corrected chi connectivity index (χ3v) is 1.22. The largest absolute Gasteiger partial charge is 0.380 e. The molecule has 0 aliphatic rings. The third-order valence-electron chi connectivity index (χ3n) is 1.22. The SMILES string of the molecule is C=NCCNCCOCCC. The summed E-state index contributed by atoms with van der Waals surface area (Å²) in [6.07, 6.45) is 1.09. The van der Waals surface area contributed by atoms with Crippen LogP contribution in [-0.2, 0) is 4.74 Å². The molecule has 0 unspecified atom stereocenters. The van der Waals surface area contributed by atoms with Crippen LogP contribution in [0.5, 0.6) is 0 Å². The fourth-order valence-electron chi connectivity index (χ4n) is 0.674. The Balaban J connectivity index is 2.74. The van der Waals surface area contributed by atoms with Crippen LogP contribution in [0.3, 0.4) is 0 Å². The molecule has 0 aliphatic heterocycles. The van der Waals surface area contributed by atoms with Gasteiger partial charge in [-0.3, -0.25) is 4.99 Å². The number of nitrogens with one attached hydrogen (secondary N) is 1. The minimum atomic E-state index is 0.785. The second-order valence-electron chi connectivity index (χ2n) is 2.31. The van der Waals surface area contributed by atoms with Crippen LogP contribution in [-0.4, -0.2) is 39.6 Å². The number of aliphatic imine (C=N–C) groups is 1. The van der Waals surface area contributed by atoms with Gasteiger partial charge in [0.1, 0.15) is 0 Å². The monoisotopic (exact) mass is 158 g/mol. The Morgan fingerprint density at radius 3 is 2.82 bits per heavy atom.